The van der Waals surface area contributed by atoms with E-state index in [2.05, 4.69) is 42.6 Å². The van der Waals surface area contributed by atoms with Gasteiger partial charge in [-0.1, -0.05) is 37.3 Å². The Balaban J connectivity index is 1.88. The van der Waals surface area contributed by atoms with Gasteiger partial charge in [0.05, 0.1) is 0 Å². The molecule has 0 spiro atoms. The lowest BCUT2D eigenvalue weighted by atomic mass is 9.86. The molecule has 0 bridgehead atoms. The normalized spacial score (nSPS) is 23.7. The Morgan fingerprint density at radius 2 is 2.13 bits per heavy atom. The molecule has 2 rings (SSSR count). The van der Waals surface area contributed by atoms with Crippen LogP contribution in [0.25, 0.3) is 0 Å². The van der Waals surface area contributed by atoms with Crippen LogP contribution in [0.4, 0.5) is 0 Å². The van der Waals surface area contributed by atoms with E-state index in [9.17, 15) is 0 Å². The molecule has 1 N–H and O–H groups in total. The molecular formula is C14H21N. The molecule has 15 heavy (non-hydrogen) atoms. The monoisotopic (exact) mass is 203 g/mol. The summed E-state index contributed by atoms with van der Waals surface area (Å²) >= 11 is 0. The molecule has 0 saturated carbocycles. The zero-order valence-electron chi connectivity index (χ0n) is 9.58. The van der Waals surface area contributed by atoms with Crippen molar-refractivity contribution in [1.82, 2.24) is 5.32 Å². The molecule has 1 heterocycles. The fourth-order valence-electron chi connectivity index (χ4n) is 2.54. The molecule has 1 aromatic carbocycles. The smallest absolute Gasteiger partial charge is 0.00203 e. The third kappa shape index (κ3) is 3.07. The van der Waals surface area contributed by atoms with Crippen molar-refractivity contribution in [2.24, 2.45) is 5.92 Å². The molecular weight excluding hydrogens is 182 g/mol. The largest absolute Gasteiger partial charge is 0.316 e. The summed E-state index contributed by atoms with van der Waals surface area (Å²) in [6.45, 7) is 4.79. The van der Waals surface area contributed by atoms with Gasteiger partial charge in [-0.25, -0.2) is 0 Å². The average molecular weight is 203 g/mol. The second-order valence-corrected chi connectivity index (χ2v) is 4.76. The molecule has 1 aliphatic rings. The van der Waals surface area contributed by atoms with Gasteiger partial charge in [0, 0.05) is 0 Å². The lowest BCUT2D eigenvalue weighted by Gasteiger charge is -2.25. The fraction of sp³-hybridized carbons (Fsp3) is 0.571. The molecule has 0 aliphatic carbocycles. The Labute approximate surface area is 92.9 Å². The highest BCUT2D eigenvalue weighted by atomic mass is 14.9. The third-order valence-electron chi connectivity index (χ3n) is 3.45. The maximum atomic E-state index is 3.49. The second-order valence-electron chi connectivity index (χ2n) is 4.76. The van der Waals surface area contributed by atoms with Crippen molar-refractivity contribution in [1.29, 1.82) is 0 Å². The van der Waals surface area contributed by atoms with Gasteiger partial charge in [-0.2, -0.15) is 0 Å². The highest BCUT2D eigenvalue weighted by Gasteiger charge is 2.16. The molecule has 1 aliphatic heterocycles. The number of benzene rings is 1. The number of nitrogens with one attached hydrogen (secondary N) is 1. The first-order valence-corrected chi connectivity index (χ1v) is 6.12. The summed E-state index contributed by atoms with van der Waals surface area (Å²) in [6.07, 6.45) is 4.09. The predicted octanol–water partition coefficient (Wildman–Crippen LogP) is 3.18. The van der Waals surface area contributed by atoms with E-state index in [0.717, 1.165) is 5.92 Å². The van der Waals surface area contributed by atoms with Crippen molar-refractivity contribution in [3.8, 4) is 0 Å². The number of hydrogen-bond acceptors (Lipinski definition) is 1. The van der Waals surface area contributed by atoms with Gasteiger partial charge in [0.1, 0.15) is 0 Å². The molecule has 82 valence electrons. The Hall–Kier alpha value is -0.820. The summed E-state index contributed by atoms with van der Waals surface area (Å²) in [5.41, 5.74) is 1.49. The summed E-state index contributed by atoms with van der Waals surface area (Å²) in [4.78, 5) is 0. The summed E-state index contributed by atoms with van der Waals surface area (Å²) in [5, 5.41) is 3.49. The van der Waals surface area contributed by atoms with Gasteiger partial charge < -0.3 is 5.32 Å². The topological polar surface area (TPSA) is 12.0 Å². The average Bonchev–Trinajstić information content (AvgIpc) is 2.31. The molecule has 2 atom stereocenters. The maximum absolute atomic E-state index is 3.49. The van der Waals surface area contributed by atoms with Crippen LogP contribution in [0.3, 0.4) is 0 Å². The van der Waals surface area contributed by atoms with Crippen molar-refractivity contribution < 1.29 is 0 Å². The lowest BCUT2D eigenvalue weighted by molar-refractivity contribution is 0.340. The molecule has 0 amide bonds. The van der Waals surface area contributed by atoms with E-state index < -0.39 is 0 Å². The van der Waals surface area contributed by atoms with Crippen molar-refractivity contribution in [3.63, 3.8) is 0 Å². The van der Waals surface area contributed by atoms with Gasteiger partial charge in [0.2, 0.25) is 0 Å². The van der Waals surface area contributed by atoms with Gasteiger partial charge in [-0.3, -0.25) is 0 Å². The van der Waals surface area contributed by atoms with E-state index in [-0.39, 0.29) is 0 Å². The molecule has 1 saturated heterocycles. The highest BCUT2D eigenvalue weighted by Crippen LogP contribution is 2.26. The van der Waals surface area contributed by atoms with Gasteiger partial charge >= 0.3 is 0 Å². The first-order valence-electron chi connectivity index (χ1n) is 6.12. The van der Waals surface area contributed by atoms with Gasteiger partial charge in [0.15, 0.2) is 0 Å². The lowest BCUT2D eigenvalue weighted by Crippen LogP contribution is -2.30. The SMILES string of the molecule is C[C@@H](C[C@@H]1CCCNC1)c1ccccc1. The standard InChI is InChI=1S/C14H21N/c1-12(14-7-3-2-4-8-14)10-13-6-5-9-15-11-13/h2-4,7-8,12-13,15H,5-6,9-11H2,1H3/t12-,13-/m0/s1. The minimum Gasteiger partial charge on any atom is -0.316 e. The van der Waals surface area contributed by atoms with E-state index >= 15 is 0 Å². The maximum Gasteiger partial charge on any atom is -0.00203 e. The van der Waals surface area contributed by atoms with Crippen LogP contribution in [-0.2, 0) is 0 Å². The van der Waals surface area contributed by atoms with Crippen LogP contribution in [0.5, 0.6) is 0 Å². The molecule has 0 unspecified atom stereocenters. The first-order chi connectivity index (χ1) is 7.36. The van der Waals surface area contributed by atoms with Crippen LogP contribution < -0.4 is 5.32 Å². The minimum absolute atomic E-state index is 0.705. The summed E-state index contributed by atoms with van der Waals surface area (Å²) in [6, 6.07) is 10.9. The van der Waals surface area contributed by atoms with Crippen molar-refractivity contribution in [2.45, 2.75) is 32.1 Å². The van der Waals surface area contributed by atoms with E-state index in [1.54, 1.807) is 0 Å². The summed E-state index contributed by atoms with van der Waals surface area (Å²) in [7, 11) is 0. The second kappa shape index (κ2) is 5.32. The van der Waals surface area contributed by atoms with Crippen LogP contribution in [0.2, 0.25) is 0 Å². The molecule has 0 radical (unpaired) electrons. The minimum atomic E-state index is 0.705. The Morgan fingerprint density at radius 3 is 2.80 bits per heavy atom. The molecule has 1 nitrogen and oxygen atoms in total. The Bertz CT molecular complexity index is 275. The summed E-state index contributed by atoms with van der Waals surface area (Å²) < 4.78 is 0. The van der Waals surface area contributed by atoms with E-state index in [4.69, 9.17) is 0 Å². The zero-order chi connectivity index (χ0) is 10.5. The number of piperidine rings is 1. The van der Waals surface area contributed by atoms with Crippen molar-refractivity contribution >= 4 is 0 Å². The van der Waals surface area contributed by atoms with Crippen LogP contribution in [0.15, 0.2) is 30.3 Å². The number of hydrogen-bond donors (Lipinski definition) is 1. The molecule has 1 heteroatoms. The van der Waals surface area contributed by atoms with Crippen molar-refractivity contribution in [3.05, 3.63) is 35.9 Å². The fourth-order valence-corrected chi connectivity index (χ4v) is 2.54. The van der Waals surface area contributed by atoms with Crippen LogP contribution in [-0.4, -0.2) is 13.1 Å². The van der Waals surface area contributed by atoms with Gasteiger partial charge in [0.25, 0.3) is 0 Å². The van der Waals surface area contributed by atoms with Crippen LogP contribution in [0.1, 0.15) is 37.7 Å². The molecule has 1 fully saturated rings. The van der Waals surface area contributed by atoms with Gasteiger partial charge in [-0.05, 0) is 49.8 Å². The Morgan fingerprint density at radius 1 is 1.33 bits per heavy atom. The van der Waals surface area contributed by atoms with E-state index in [1.807, 2.05) is 0 Å². The Kier molecular flexibility index (Phi) is 3.79. The molecule has 1 aromatic rings. The highest BCUT2D eigenvalue weighted by molar-refractivity contribution is 5.18. The third-order valence-corrected chi connectivity index (χ3v) is 3.45. The number of rotatable bonds is 3. The predicted molar refractivity (Wildman–Crippen MR) is 65.1 cm³/mol. The van der Waals surface area contributed by atoms with E-state index in [1.165, 1.54) is 37.9 Å². The molecule has 0 aromatic heterocycles. The quantitative estimate of drug-likeness (QED) is 0.795. The van der Waals surface area contributed by atoms with Gasteiger partial charge in [-0.15, -0.1) is 0 Å². The van der Waals surface area contributed by atoms with E-state index in [0.29, 0.717) is 5.92 Å². The van der Waals surface area contributed by atoms with Crippen LogP contribution in [0, 0.1) is 5.92 Å². The zero-order valence-corrected chi connectivity index (χ0v) is 9.58. The van der Waals surface area contributed by atoms with Crippen molar-refractivity contribution in [2.75, 3.05) is 13.1 Å². The summed E-state index contributed by atoms with van der Waals surface area (Å²) in [5.74, 6) is 1.59. The first kappa shape index (κ1) is 10.7. The van der Waals surface area contributed by atoms with Crippen LogP contribution >= 0.6 is 0 Å².